The van der Waals surface area contributed by atoms with Crippen LogP contribution in [0.1, 0.15) is 34.3 Å². The van der Waals surface area contributed by atoms with E-state index in [2.05, 4.69) is 46.3 Å². The fourth-order valence-electron chi connectivity index (χ4n) is 4.05. The molecule has 5 heteroatoms. The van der Waals surface area contributed by atoms with Gasteiger partial charge >= 0.3 is 0 Å². The second kappa shape index (κ2) is 7.24. The van der Waals surface area contributed by atoms with Crippen LogP contribution in [0.5, 0.6) is 0 Å². The fraction of sp³-hybridized carbons (Fsp3) is 0.250. The number of carbonyl (C=O) groups excluding carboxylic acids is 2. The van der Waals surface area contributed by atoms with E-state index in [1.165, 1.54) is 16.5 Å². The molecule has 2 amide bonds. The molecule has 3 aromatic rings. The first kappa shape index (κ1) is 17.7. The van der Waals surface area contributed by atoms with Crippen molar-refractivity contribution in [3.05, 3.63) is 71.3 Å². The largest absolute Gasteiger partial charge is 0.376 e. The summed E-state index contributed by atoms with van der Waals surface area (Å²) >= 11 is 0. The predicted molar refractivity (Wildman–Crippen MR) is 115 cm³/mol. The summed E-state index contributed by atoms with van der Waals surface area (Å²) in [6.45, 7) is 0.136. The lowest BCUT2D eigenvalue weighted by atomic mass is 10.0. The van der Waals surface area contributed by atoms with Crippen LogP contribution in [0.2, 0.25) is 0 Å². The normalized spacial score (nSPS) is 14.6. The molecule has 0 bridgehead atoms. The first-order valence-electron chi connectivity index (χ1n) is 10.2. The van der Waals surface area contributed by atoms with Gasteiger partial charge in [-0.25, -0.2) is 0 Å². The average Bonchev–Trinajstić information content (AvgIpc) is 3.45. The predicted octanol–water partition coefficient (Wildman–Crippen LogP) is 3.88. The van der Waals surface area contributed by atoms with E-state index in [9.17, 15) is 9.59 Å². The molecule has 29 heavy (non-hydrogen) atoms. The number of hydrogen-bond donors (Lipinski definition) is 3. The Kier molecular flexibility index (Phi) is 4.43. The molecule has 0 unspecified atom stereocenters. The van der Waals surface area contributed by atoms with Crippen LogP contribution >= 0.6 is 0 Å². The third-order valence-corrected chi connectivity index (χ3v) is 5.67. The van der Waals surface area contributed by atoms with Gasteiger partial charge < -0.3 is 16.0 Å². The minimum atomic E-state index is -0.181. The van der Waals surface area contributed by atoms with Gasteiger partial charge in [-0.2, -0.15) is 0 Å². The summed E-state index contributed by atoms with van der Waals surface area (Å²) in [6, 6.07) is 18.0. The first-order chi connectivity index (χ1) is 14.2. The Morgan fingerprint density at radius 1 is 0.862 bits per heavy atom. The topological polar surface area (TPSA) is 70.2 Å². The van der Waals surface area contributed by atoms with Crippen LogP contribution in [0.4, 0.5) is 11.4 Å². The summed E-state index contributed by atoms with van der Waals surface area (Å²) in [5.41, 5.74) is 4.75. The SMILES string of the molecule is O=C(CNc1ccc2c3c(cccc13)CC2)Nc1ccccc1C(=O)NC1CC1. The summed E-state index contributed by atoms with van der Waals surface area (Å²) in [4.78, 5) is 25.0. The van der Waals surface area contributed by atoms with Crippen molar-refractivity contribution in [2.24, 2.45) is 0 Å². The lowest BCUT2D eigenvalue weighted by Crippen LogP contribution is -2.28. The summed E-state index contributed by atoms with van der Waals surface area (Å²) < 4.78 is 0. The van der Waals surface area contributed by atoms with E-state index in [-0.39, 0.29) is 24.4 Å². The maximum Gasteiger partial charge on any atom is 0.253 e. The average molecular weight is 385 g/mol. The van der Waals surface area contributed by atoms with Gasteiger partial charge in [0.25, 0.3) is 5.91 Å². The number of amides is 2. The molecule has 0 aliphatic heterocycles. The van der Waals surface area contributed by atoms with E-state index >= 15 is 0 Å². The lowest BCUT2D eigenvalue weighted by molar-refractivity contribution is -0.114. The molecule has 1 fully saturated rings. The zero-order valence-electron chi connectivity index (χ0n) is 16.1. The number of hydrogen-bond acceptors (Lipinski definition) is 3. The Labute approximate surface area is 169 Å². The summed E-state index contributed by atoms with van der Waals surface area (Å²) in [5.74, 6) is -0.316. The smallest absolute Gasteiger partial charge is 0.253 e. The quantitative estimate of drug-likeness (QED) is 0.603. The second-order valence-electron chi connectivity index (χ2n) is 7.81. The van der Waals surface area contributed by atoms with Gasteiger partial charge in [-0.1, -0.05) is 36.4 Å². The van der Waals surface area contributed by atoms with Crippen LogP contribution in [-0.2, 0) is 17.6 Å². The van der Waals surface area contributed by atoms with Gasteiger partial charge in [0.1, 0.15) is 0 Å². The van der Waals surface area contributed by atoms with Crippen molar-refractivity contribution < 1.29 is 9.59 Å². The summed E-state index contributed by atoms with van der Waals surface area (Å²) in [5, 5.41) is 11.6. The molecule has 0 radical (unpaired) electrons. The Hall–Kier alpha value is -3.34. The minimum Gasteiger partial charge on any atom is -0.376 e. The maximum atomic E-state index is 12.6. The van der Waals surface area contributed by atoms with Gasteiger partial charge in [-0.3, -0.25) is 9.59 Å². The van der Waals surface area contributed by atoms with E-state index in [1.54, 1.807) is 12.1 Å². The van der Waals surface area contributed by atoms with Crippen LogP contribution in [-0.4, -0.2) is 24.4 Å². The number of rotatable bonds is 6. The molecule has 146 valence electrons. The van der Waals surface area contributed by atoms with Gasteiger partial charge in [-0.05, 0) is 60.4 Å². The van der Waals surface area contributed by atoms with Crippen LogP contribution in [0.3, 0.4) is 0 Å². The van der Waals surface area contributed by atoms with E-state index in [4.69, 9.17) is 0 Å². The van der Waals surface area contributed by atoms with Crippen molar-refractivity contribution in [2.75, 3.05) is 17.2 Å². The van der Waals surface area contributed by atoms with Crippen molar-refractivity contribution in [1.82, 2.24) is 5.32 Å². The molecule has 2 aliphatic carbocycles. The van der Waals surface area contributed by atoms with Crippen LogP contribution in [0, 0.1) is 0 Å². The second-order valence-corrected chi connectivity index (χ2v) is 7.81. The maximum absolute atomic E-state index is 12.6. The number of anilines is 2. The first-order valence-corrected chi connectivity index (χ1v) is 10.2. The lowest BCUT2D eigenvalue weighted by Gasteiger charge is -2.13. The number of carbonyl (C=O) groups is 2. The van der Waals surface area contributed by atoms with E-state index in [0.29, 0.717) is 11.3 Å². The minimum absolute atomic E-state index is 0.135. The van der Waals surface area contributed by atoms with Gasteiger partial charge in [0.05, 0.1) is 17.8 Å². The van der Waals surface area contributed by atoms with E-state index in [0.717, 1.165) is 36.8 Å². The molecule has 2 aliphatic rings. The molecule has 3 N–H and O–H groups in total. The Balaban J connectivity index is 1.29. The van der Waals surface area contributed by atoms with Crippen molar-refractivity contribution in [3.8, 4) is 0 Å². The van der Waals surface area contributed by atoms with Crippen LogP contribution in [0.15, 0.2) is 54.6 Å². The summed E-state index contributed by atoms with van der Waals surface area (Å²) in [7, 11) is 0. The standard InChI is InChI=1S/C24H23N3O2/c28-22(27-21-7-2-1-5-19(21)24(29)26-17-11-12-17)14-25-20-13-10-16-9-8-15-4-3-6-18(20)23(15)16/h1-7,10,13,17,25H,8-9,11-12,14H2,(H,26,29)(H,27,28). The monoisotopic (exact) mass is 385 g/mol. The molecule has 0 atom stereocenters. The number of benzene rings is 3. The molecule has 0 spiro atoms. The van der Waals surface area contributed by atoms with Crippen molar-refractivity contribution >= 4 is 34.0 Å². The molecule has 5 rings (SSSR count). The highest BCUT2D eigenvalue weighted by atomic mass is 16.2. The van der Waals surface area contributed by atoms with Crippen LogP contribution < -0.4 is 16.0 Å². The Morgan fingerprint density at radius 3 is 2.48 bits per heavy atom. The fourth-order valence-corrected chi connectivity index (χ4v) is 4.05. The highest BCUT2D eigenvalue weighted by molar-refractivity contribution is 6.05. The molecule has 1 saturated carbocycles. The van der Waals surface area contributed by atoms with E-state index < -0.39 is 0 Å². The third-order valence-electron chi connectivity index (χ3n) is 5.67. The van der Waals surface area contributed by atoms with Gasteiger partial charge in [0.15, 0.2) is 0 Å². The van der Waals surface area contributed by atoms with Gasteiger partial charge in [0, 0.05) is 17.1 Å². The number of para-hydroxylation sites is 1. The zero-order chi connectivity index (χ0) is 19.8. The highest BCUT2D eigenvalue weighted by Crippen LogP contribution is 2.34. The highest BCUT2D eigenvalue weighted by Gasteiger charge is 2.25. The molecular formula is C24H23N3O2. The van der Waals surface area contributed by atoms with Gasteiger partial charge in [-0.15, -0.1) is 0 Å². The van der Waals surface area contributed by atoms with Gasteiger partial charge in [0.2, 0.25) is 5.91 Å². The van der Waals surface area contributed by atoms with Crippen molar-refractivity contribution in [3.63, 3.8) is 0 Å². The van der Waals surface area contributed by atoms with Crippen LogP contribution in [0.25, 0.3) is 10.8 Å². The van der Waals surface area contributed by atoms with E-state index in [1.807, 2.05) is 12.1 Å². The molecule has 3 aromatic carbocycles. The molecule has 5 nitrogen and oxygen atoms in total. The molecule has 0 saturated heterocycles. The zero-order valence-corrected chi connectivity index (χ0v) is 16.1. The molecule has 0 aromatic heterocycles. The molecular weight excluding hydrogens is 362 g/mol. The third kappa shape index (κ3) is 3.56. The van der Waals surface area contributed by atoms with Crippen molar-refractivity contribution in [1.29, 1.82) is 0 Å². The number of aryl methyl sites for hydroxylation is 2. The van der Waals surface area contributed by atoms with Crippen molar-refractivity contribution in [2.45, 2.75) is 31.7 Å². The summed E-state index contributed by atoms with van der Waals surface area (Å²) in [6.07, 6.45) is 4.21. The Morgan fingerprint density at radius 2 is 1.66 bits per heavy atom. The molecule has 0 heterocycles. The Bertz CT molecular complexity index is 1110. The number of nitrogens with one attached hydrogen (secondary N) is 3.